The minimum absolute atomic E-state index is 0.0500. The lowest BCUT2D eigenvalue weighted by Gasteiger charge is -2.57. The molecular formula is C25H28FN9O. The molecule has 3 aromatic rings. The van der Waals surface area contributed by atoms with Crippen LogP contribution in [0.25, 0.3) is 17.1 Å². The van der Waals surface area contributed by atoms with Crippen LogP contribution in [0.4, 0.5) is 10.2 Å². The second-order valence-electron chi connectivity index (χ2n) is 10.8. The first-order chi connectivity index (χ1) is 17.3. The highest BCUT2D eigenvalue weighted by atomic mass is 19.1. The summed E-state index contributed by atoms with van der Waals surface area (Å²) in [5.41, 5.74) is 0.492. The number of fused-ring (bicyclic) bond motifs is 2. The highest BCUT2D eigenvalue weighted by Crippen LogP contribution is 2.46. The van der Waals surface area contributed by atoms with Gasteiger partial charge in [0.1, 0.15) is 18.0 Å². The van der Waals surface area contributed by atoms with Gasteiger partial charge in [-0.1, -0.05) is 5.21 Å². The lowest BCUT2D eigenvalue weighted by molar-refractivity contribution is 0.000258. The number of aromatic nitrogens is 6. The normalized spacial score (nSPS) is 29.5. The fourth-order valence-corrected chi connectivity index (χ4v) is 6.03. The lowest BCUT2D eigenvalue weighted by Crippen LogP contribution is -2.73. The number of alkyl halides is 1. The van der Waals surface area contributed by atoms with Crippen molar-refractivity contribution in [2.24, 2.45) is 0 Å². The molecule has 10 nitrogen and oxygen atoms in total. The molecule has 2 saturated heterocycles. The Kier molecular flexibility index (Phi) is 5.19. The predicted octanol–water partition coefficient (Wildman–Crippen LogP) is 3.07. The van der Waals surface area contributed by atoms with Crippen LogP contribution in [0.15, 0.2) is 30.6 Å². The molecule has 1 aromatic carbocycles. The van der Waals surface area contributed by atoms with E-state index in [1.165, 1.54) is 16.9 Å². The van der Waals surface area contributed by atoms with Gasteiger partial charge >= 0.3 is 0 Å². The van der Waals surface area contributed by atoms with E-state index in [2.05, 4.69) is 42.6 Å². The van der Waals surface area contributed by atoms with Crippen LogP contribution in [0.1, 0.15) is 58.1 Å². The molecule has 2 aliphatic heterocycles. The number of hydrogen-bond acceptors (Lipinski definition) is 9. The fraction of sp³-hybridized carbons (Fsp3) is 0.520. The zero-order valence-corrected chi connectivity index (χ0v) is 20.3. The van der Waals surface area contributed by atoms with Crippen molar-refractivity contribution in [1.82, 2.24) is 35.5 Å². The van der Waals surface area contributed by atoms with Crippen molar-refractivity contribution in [3.63, 3.8) is 0 Å². The second kappa shape index (κ2) is 8.20. The van der Waals surface area contributed by atoms with Gasteiger partial charge in [0, 0.05) is 23.2 Å². The number of rotatable bonds is 5. The molecule has 0 spiro atoms. The summed E-state index contributed by atoms with van der Waals surface area (Å²) in [4.78, 5) is 6.60. The van der Waals surface area contributed by atoms with Crippen LogP contribution in [0.2, 0.25) is 0 Å². The molecule has 4 heterocycles. The molecule has 6 rings (SSSR count). The summed E-state index contributed by atoms with van der Waals surface area (Å²) < 4.78 is 17.4. The Bertz CT molecular complexity index is 1330. The maximum absolute atomic E-state index is 16.0. The van der Waals surface area contributed by atoms with Gasteiger partial charge in [0.15, 0.2) is 17.3 Å². The highest BCUT2D eigenvalue weighted by Gasteiger charge is 2.55. The Balaban J connectivity index is 1.28. The minimum Gasteiger partial charge on any atom is -0.507 e. The topological polar surface area (TPSA) is 129 Å². The molecule has 3 fully saturated rings. The number of piperidine rings is 2. The van der Waals surface area contributed by atoms with Crippen molar-refractivity contribution in [3.8, 4) is 28.9 Å². The minimum atomic E-state index is -1.03. The molecule has 1 saturated carbocycles. The average molecular weight is 490 g/mol. The summed E-state index contributed by atoms with van der Waals surface area (Å²) in [6.07, 6.45) is 7.70. The molecule has 36 heavy (non-hydrogen) atoms. The highest BCUT2D eigenvalue weighted by molar-refractivity contribution is 5.66. The van der Waals surface area contributed by atoms with Crippen molar-refractivity contribution in [2.75, 3.05) is 4.90 Å². The van der Waals surface area contributed by atoms with Gasteiger partial charge in [-0.25, -0.2) is 14.1 Å². The first-order valence-electron chi connectivity index (χ1n) is 12.4. The number of nitrogens with one attached hydrogen (secondary N) is 1. The van der Waals surface area contributed by atoms with E-state index in [1.54, 1.807) is 18.3 Å². The van der Waals surface area contributed by atoms with Crippen LogP contribution in [0.3, 0.4) is 0 Å². The van der Waals surface area contributed by atoms with Crippen molar-refractivity contribution in [3.05, 3.63) is 36.3 Å². The molecule has 2 N–H and O–H groups in total. The summed E-state index contributed by atoms with van der Waals surface area (Å²) in [5.74, 6) is 0.794. The molecule has 11 heteroatoms. The SMILES string of the molecule is C[C@]12CCC[C@](C)(N1)[C@H](F)[C@H](N(c1cnc(-c3ccc(-n4cc(C#N)nn4)cc3O)nn1)C1CC1)C2. The van der Waals surface area contributed by atoms with E-state index in [1.807, 2.05) is 13.0 Å². The van der Waals surface area contributed by atoms with Gasteiger partial charge in [0.25, 0.3) is 0 Å². The molecule has 0 radical (unpaired) electrons. The maximum atomic E-state index is 16.0. The van der Waals surface area contributed by atoms with Gasteiger partial charge in [0.05, 0.1) is 29.7 Å². The zero-order valence-electron chi connectivity index (χ0n) is 20.3. The number of anilines is 1. The summed E-state index contributed by atoms with van der Waals surface area (Å²) >= 11 is 0. The number of nitriles is 1. The molecule has 1 aliphatic carbocycles. The third-order valence-electron chi connectivity index (χ3n) is 7.82. The molecule has 0 amide bonds. The Morgan fingerprint density at radius 3 is 2.72 bits per heavy atom. The smallest absolute Gasteiger partial charge is 0.185 e. The van der Waals surface area contributed by atoms with E-state index in [0.29, 0.717) is 23.5 Å². The number of nitrogens with zero attached hydrogens (tertiary/aromatic N) is 8. The number of benzene rings is 1. The molecule has 2 bridgehead atoms. The zero-order chi connectivity index (χ0) is 25.1. The Morgan fingerprint density at radius 2 is 2.06 bits per heavy atom. The summed E-state index contributed by atoms with van der Waals surface area (Å²) in [6.45, 7) is 4.21. The van der Waals surface area contributed by atoms with Crippen LogP contribution in [0, 0.1) is 11.3 Å². The standard InChI is InChI=1S/C25H28FN9O/c1-24-8-3-9-25(2,32-24)22(26)19(11-24)35(16-4-5-16)21-13-28-23(31-30-21)18-7-6-17(10-20(18)36)34-14-15(12-27)29-33-34/h6-7,10,13-14,16,19,22,32,36H,3-5,8-9,11H2,1-2H3/t19-,22-,24-,25+/m1/s1. The number of phenolic OH excluding ortho intramolecular Hbond substituents is 1. The fourth-order valence-electron chi connectivity index (χ4n) is 6.03. The summed E-state index contributed by atoms with van der Waals surface area (Å²) in [7, 11) is 0. The van der Waals surface area contributed by atoms with Crippen molar-refractivity contribution >= 4 is 5.82 Å². The first kappa shape index (κ1) is 22.8. The Hall–Kier alpha value is -3.65. The van der Waals surface area contributed by atoms with Crippen molar-refractivity contribution < 1.29 is 9.50 Å². The number of phenols is 1. The first-order valence-corrected chi connectivity index (χ1v) is 12.4. The molecule has 2 aromatic heterocycles. The van der Waals surface area contributed by atoms with Crippen molar-refractivity contribution in [2.45, 2.75) is 81.7 Å². The largest absolute Gasteiger partial charge is 0.507 e. The van der Waals surface area contributed by atoms with E-state index in [9.17, 15) is 5.11 Å². The molecule has 0 unspecified atom stereocenters. The van der Waals surface area contributed by atoms with E-state index in [0.717, 1.165) is 32.1 Å². The third-order valence-corrected chi connectivity index (χ3v) is 7.82. The van der Waals surface area contributed by atoms with Gasteiger partial charge < -0.3 is 15.3 Å². The monoisotopic (exact) mass is 489 g/mol. The van der Waals surface area contributed by atoms with E-state index < -0.39 is 11.7 Å². The summed E-state index contributed by atoms with van der Waals surface area (Å²) in [5, 5.41) is 39.6. The van der Waals surface area contributed by atoms with Crippen LogP contribution in [0.5, 0.6) is 5.75 Å². The molecule has 4 atom stereocenters. The van der Waals surface area contributed by atoms with E-state index in [-0.39, 0.29) is 34.9 Å². The van der Waals surface area contributed by atoms with Crippen LogP contribution in [-0.4, -0.2) is 64.6 Å². The van der Waals surface area contributed by atoms with Crippen LogP contribution >= 0.6 is 0 Å². The number of aromatic hydroxyl groups is 1. The maximum Gasteiger partial charge on any atom is 0.185 e. The average Bonchev–Trinajstić information content (AvgIpc) is 3.57. The predicted molar refractivity (Wildman–Crippen MR) is 129 cm³/mol. The lowest BCUT2D eigenvalue weighted by atomic mass is 9.68. The Morgan fingerprint density at radius 1 is 1.22 bits per heavy atom. The van der Waals surface area contributed by atoms with Gasteiger partial charge in [-0.05, 0) is 64.5 Å². The van der Waals surface area contributed by atoms with E-state index in [4.69, 9.17) is 5.26 Å². The summed E-state index contributed by atoms with van der Waals surface area (Å²) in [6, 6.07) is 6.77. The molecular weight excluding hydrogens is 461 g/mol. The Labute approximate surface area is 208 Å². The molecule has 3 aliphatic rings. The van der Waals surface area contributed by atoms with Gasteiger partial charge in [-0.15, -0.1) is 15.3 Å². The third kappa shape index (κ3) is 3.86. The van der Waals surface area contributed by atoms with Crippen LogP contribution in [-0.2, 0) is 0 Å². The van der Waals surface area contributed by atoms with Gasteiger partial charge in [-0.2, -0.15) is 5.26 Å². The molecule has 186 valence electrons. The van der Waals surface area contributed by atoms with Crippen molar-refractivity contribution in [1.29, 1.82) is 5.26 Å². The quantitative estimate of drug-likeness (QED) is 0.555. The second-order valence-corrected chi connectivity index (χ2v) is 10.8. The van der Waals surface area contributed by atoms with Gasteiger partial charge in [-0.3, -0.25) is 0 Å². The van der Waals surface area contributed by atoms with Crippen LogP contribution < -0.4 is 10.2 Å². The number of hydrogen-bond donors (Lipinski definition) is 2. The van der Waals surface area contributed by atoms with Gasteiger partial charge in [0.2, 0.25) is 0 Å². The number of halogens is 1. The van der Waals surface area contributed by atoms with E-state index >= 15 is 4.39 Å².